The van der Waals surface area contributed by atoms with Gasteiger partial charge in [-0.15, -0.1) is 0 Å². The van der Waals surface area contributed by atoms with Crippen molar-refractivity contribution in [3.8, 4) is 0 Å². The SMILES string of the molecule is O=C(C[C@H](c1cccc(C(F)(F)F)c1)c1c[nH]c2ccc([N+](=O)[O-])cc12)NCCc1ccccn1. The number of nitrogens with one attached hydrogen (secondary N) is 2. The summed E-state index contributed by atoms with van der Waals surface area (Å²) in [4.78, 5) is 30.8. The molecule has 0 unspecified atom stereocenters. The Morgan fingerprint density at radius 2 is 1.94 bits per heavy atom. The number of H-pyrrole nitrogens is 1. The van der Waals surface area contributed by atoms with Crippen molar-refractivity contribution in [3.05, 3.63) is 106 Å². The first-order chi connectivity index (χ1) is 16.7. The number of hydrogen-bond acceptors (Lipinski definition) is 4. The second-order valence-electron chi connectivity index (χ2n) is 8.03. The van der Waals surface area contributed by atoms with Crippen LogP contribution in [0.2, 0.25) is 0 Å². The van der Waals surface area contributed by atoms with E-state index in [2.05, 4.69) is 15.3 Å². The van der Waals surface area contributed by atoms with E-state index < -0.39 is 22.6 Å². The number of carbonyl (C=O) groups excluding carboxylic acids is 1. The monoisotopic (exact) mass is 482 g/mol. The minimum absolute atomic E-state index is 0.140. The average Bonchev–Trinajstić information content (AvgIpc) is 3.26. The van der Waals surface area contributed by atoms with Crippen LogP contribution in [0.3, 0.4) is 0 Å². The maximum absolute atomic E-state index is 13.4. The van der Waals surface area contributed by atoms with Crippen LogP contribution in [-0.4, -0.2) is 27.3 Å². The fourth-order valence-corrected chi connectivity index (χ4v) is 4.00. The highest BCUT2D eigenvalue weighted by molar-refractivity contribution is 5.87. The summed E-state index contributed by atoms with van der Waals surface area (Å²) in [5.41, 5.74) is 1.18. The Kier molecular flexibility index (Phi) is 6.81. The molecular weight excluding hydrogens is 461 g/mol. The Balaban J connectivity index is 1.65. The van der Waals surface area contributed by atoms with Crippen LogP contribution < -0.4 is 5.32 Å². The third kappa shape index (κ3) is 5.65. The highest BCUT2D eigenvalue weighted by Gasteiger charge is 2.32. The van der Waals surface area contributed by atoms with Crippen LogP contribution in [0.15, 0.2) is 73.1 Å². The van der Waals surface area contributed by atoms with Gasteiger partial charge in [0, 0.05) is 66.4 Å². The van der Waals surface area contributed by atoms with Crippen molar-refractivity contribution in [2.45, 2.75) is 24.9 Å². The molecule has 0 radical (unpaired) electrons. The zero-order valence-corrected chi connectivity index (χ0v) is 18.4. The van der Waals surface area contributed by atoms with Crippen LogP contribution in [0.25, 0.3) is 10.9 Å². The molecule has 0 aliphatic heterocycles. The van der Waals surface area contributed by atoms with Crippen molar-refractivity contribution >= 4 is 22.5 Å². The number of nitro benzene ring substituents is 1. The molecule has 180 valence electrons. The van der Waals surface area contributed by atoms with E-state index in [0.717, 1.165) is 17.8 Å². The van der Waals surface area contributed by atoms with E-state index in [1.807, 2.05) is 12.1 Å². The van der Waals surface area contributed by atoms with Crippen LogP contribution in [0.4, 0.5) is 18.9 Å². The van der Waals surface area contributed by atoms with E-state index in [9.17, 15) is 28.1 Å². The Bertz CT molecular complexity index is 1350. The minimum Gasteiger partial charge on any atom is -0.361 e. The molecule has 0 bridgehead atoms. The number of halogens is 3. The lowest BCUT2D eigenvalue weighted by molar-refractivity contribution is -0.384. The van der Waals surface area contributed by atoms with E-state index in [0.29, 0.717) is 29.4 Å². The second-order valence-corrected chi connectivity index (χ2v) is 8.03. The largest absolute Gasteiger partial charge is 0.416 e. The molecule has 0 fully saturated rings. The number of amides is 1. The molecule has 4 aromatic rings. The molecule has 2 aromatic carbocycles. The van der Waals surface area contributed by atoms with E-state index >= 15 is 0 Å². The fraction of sp³-hybridized carbons (Fsp3) is 0.200. The van der Waals surface area contributed by atoms with Crippen molar-refractivity contribution in [2.24, 2.45) is 0 Å². The molecule has 10 heteroatoms. The highest BCUT2D eigenvalue weighted by Crippen LogP contribution is 2.37. The number of benzene rings is 2. The fourth-order valence-electron chi connectivity index (χ4n) is 4.00. The molecule has 0 saturated heterocycles. The van der Waals surface area contributed by atoms with Gasteiger partial charge in [-0.25, -0.2) is 0 Å². The quantitative estimate of drug-likeness (QED) is 0.260. The lowest BCUT2D eigenvalue weighted by Gasteiger charge is -2.19. The average molecular weight is 482 g/mol. The van der Waals surface area contributed by atoms with Gasteiger partial charge in [0.25, 0.3) is 5.69 Å². The summed E-state index contributed by atoms with van der Waals surface area (Å²) in [6, 6.07) is 14.5. The second kappa shape index (κ2) is 9.96. The lowest BCUT2D eigenvalue weighted by Crippen LogP contribution is -2.27. The number of pyridine rings is 1. The number of rotatable bonds is 8. The van der Waals surface area contributed by atoms with Gasteiger partial charge in [0.1, 0.15) is 0 Å². The molecule has 2 heterocycles. The van der Waals surface area contributed by atoms with Gasteiger partial charge in [-0.3, -0.25) is 19.9 Å². The van der Waals surface area contributed by atoms with Crippen molar-refractivity contribution in [1.82, 2.24) is 15.3 Å². The summed E-state index contributed by atoms with van der Waals surface area (Å²) in [6.07, 6.45) is -0.957. The van der Waals surface area contributed by atoms with E-state index in [4.69, 9.17) is 0 Å². The first-order valence-corrected chi connectivity index (χ1v) is 10.8. The number of carbonyl (C=O) groups is 1. The number of nitrogens with zero attached hydrogens (tertiary/aromatic N) is 2. The zero-order chi connectivity index (χ0) is 25.0. The van der Waals surface area contributed by atoms with Gasteiger partial charge in [-0.2, -0.15) is 13.2 Å². The molecule has 0 saturated carbocycles. The van der Waals surface area contributed by atoms with E-state index in [1.54, 1.807) is 18.5 Å². The summed E-state index contributed by atoms with van der Waals surface area (Å²) >= 11 is 0. The summed E-state index contributed by atoms with van der Waals surface area (Å²) in [5, 5.41) is 14.6. The third-order valence-corrected chi connectivity index (χ3v) is 5.72. The molecule has 35 heavy (non-hydrogen) atoms. The maximum Gasteiger partial charge on any atom is 0.416 e. The summed E-state index contributed by atoms with van der Waals surface area (Å²) < 4.78 is 40.2. The number of aromatic nitrogens is 2. The van der Waals surface area contributed by atoms with Crippen LogP contribution in [-0.2, 0) is 17.4 Å². The lowest BCUT2D eigenvalue weighted by atomic mass is 9.87. The van der Waals surface area contributed by atoms with Gasteiger partial charge in [0.05, 0.1) is 10.5 Å². The normalized spacial score (nSPS) is 12.4. The molecular formula is C25H21F3N4O3. The number of nitro groups is 1. The van der Waals surface area contributed by atoms with E-state index in [-0.39, 0.29) is 23.6 Å². The summed E-state index contributed by atoms with van der Waals surface area (Å²) in [6.45, 7) is 0.310. The van der Waals surface area contributed by atoms with Gasteiger partial charge in [-0.05, 0) is 35.4 Å². The summed E-state index contributed by atoms with van der Waals surface area (Å²) in [5.74, 6) is -1.12. The predicted octanol–water partition coefficient (Wildman–Crippen LogP) is 5.37. The minimum atomic E-state index is -4.55. The summed E-state index contributed by atoms with van der Waals surface area (Å²) in [7, 11) is 0. The Morgan fingerprint density at radius 1 is 1.11 bits per heavy atom. The predicted molar refractivity (Wildman–Crippen MR) is 124 cm³/mol. The highest BCUT2D eigenvalue weighted by atomic mass is 19.4. The van der Waals surface area contributed by atoms with Gasteiger partial charge in [0.15, 0.2) is 0 Å². The molecule has 0 spiro atoms. The van der Waals surface area contributed by atoms with Crippen molar-refractivity contribution < 1.29 is 22.9 Å². The third-order valence-electron chi connectivity index (χ3n) is 5.72. The topological polar surface area (TPSA) is 101 Å². The van der Waals surface area contributed by atoms with Crippen molar-refractivity contribution in [1.29, 1.82) is 0 Å². The molecule has 4 rings (SSSR count). The molecule has 7 nitrogen and oxygen atoms in total. The molecule has 2 N–H and O–H groups in total. The van der Waals surface area contributed by atoms with Gasteiger partial charge < -0.3 is 10.3 Å². The Hall–Kier alpha value is -4.21. The first kappa shape index (κ1) is 23.9. The van der Waals surface area contributed by atoms with Crippen LogP contribution in [0, 0.1) is 10.1 Å². The first-order valence-electron chi connectivity index (χ1n) is 10.8. The standard InChI is InChI=1S/C25H21F3N4O3/c26-25(27,28)17-5-3-4-16(12-17)20(14-24(33)30-11-9-18-6-1-2-10-29-18)22-15-31-23-8-7-19(32(34)35)13-21(22)23/h1-8,10,12-13,15,20,31H,9,11,14H2,(H,30,33)/t20-/m1/s1. The number of fused-ring (bicyclic) bond motifs is 1. The number of aromatic amines is 1. The zero-order valence-electron chi connectivity index (χ0n) is 18.4. The van der Waals surface area contributed by atoms with Gasteiger partial charge in [-0.1, -0.05) is 24.3 Å². The van der Waals surface area contributed by atoms with Crippen LogP contribution in [0.5, 0.6) is 0 Å². The number of alkyl halides is 3. The maximum atomic E-state index is 13.4. The molecule has 2 aromatic heterocycles. The number of hydrogen-bond donors (Lipinski definition) is 2. The molecule has 1 atom stereocenters. The molecule has 0 aliphatic rings. The Morgan fingerprint density at radius 3 is 2.66 bits per heavy atom. The van der Waals surface area contributed by atoms with Crippen molar-refractivity contribution in [2.75, 3.05) is 6.54 Å². The number of non-ortho nitro benzene ring substituents is 1. The molecule has 0 aliphatic carbocycles. The van der Waals surface area contributed by atoms with Gasteiger partial charge in [0.2, 0.25) is 5.91 Å². The van der Waals surface area contributed by atoms with E-state index in [1.165, 1.54) is 30.3 Å². The smallest absolute Gasteiger partial charge is 0.361 e. The Labute approximate surface area is 198 Å². The van der Waals surface area contributed by atoms with Gasteiger partial charge >= 0.3 is 6.18 Å². The molecule has 1 amide bonds. The van der Waals surface area contributed by atoms with Crippen molar-refractivity contribution in [3.63, 3.8) is 0 Å². The van der Waals surface area contributed by atoms with Crippen LogP contribution in [0.1, 0.15) is 34.7 Å². The van der Waals surface area contributed by atoms with Crippen LogP contribution >= 0.6 is 0 Å².